The van der Waals surface area contributed by atoms with Gasteiger partial charge in [-0.1, -0.05) is 0 Å². The number of nitrogens with one attached hydrogen (secondary N) is 1. The highest BCUT2D eigenvalue weighted by atomic mass is 16.6. The molecule has 0 aliphatic rings. The highest BCUT2D eigenvalue weighted by molar-refractivity contribution is 5.95. The lowest BCUT2D eigenvalue weighted by atomic mass is 10.1. The van der Waals surface area contributed by atoms with Crippen LogP contribution < -0.4 is 5.32 Å². The van der Waals surface area contributed by atoms with Crippen LogP contribution in [0.3, 0.4) is 0 Å². The SMILES string of the molecule is CCNc1ccc(C(=O)N(CC)CC)cc1[N+](=O)[O-]. The first-order valence-electron chi connectivity index (χ1n) is 6.36. The van der Waals surface area contributed by atoms with E-state index in [1.165, 1.54) is 6.07 Å². The predicted octanol–water partition coefficient (Wildman–Crippen LogP) is 2.51. The van der Waals surface area contributed by atoms with E-state index in [1.807, 2.05) is 20.8 Å². The Morgan fingerprint density at radius 2 is 1.95 bits per heavy atom. The molecule has 19 heavy (non-hydrogen) atoms. The number of nitro benzene ring substituents is 1. The Hall–Kier alpha value is -2.11. The normalized spacial score (nSPS) is 10.1. The summed E-state index contributed by atoms with van der Waals surface area (Å²) in [5.74, 6) is -0.184. The summed E-state index contributed by atoms with van der Waals surface area (Å²) in [7, 11) is 0. The van der Waals surface area contributed by atoms with Crippen molar-refractivity contribution >= 4 is 17.3 Å². The number of hydrogen-bond donors (Lipinski definition) is 1. The molecule has 0 heterocycles. The van der Waals surface area contributed by atoms with Crippen molar-refractivity contribution in [1.29, 1.82) is 0 Å². The standard InChI is InChI=1S/C13H19N3O3/c1-4-14-11-8-7-10(9-12(11)16(18)19)13(17)15(5-2)6-3/h7-9,14H,4-6H2,1-3H3. The smallest absolute Gasteiger partial charge is 0.293 e. The number of benzene rings is 1. The molecule has 0 radical (unpaired) electrons. The van der Waals surface area contributed by atoms with Gasteiger partial charge in [-0.3, -0.25) is 14.9 Å². The Morgan fingerprint density at radius 1 is 1.32 bits per heavy atom. The maximum atomic E-state index is 12.1. The Kier molecular flexibility index (Phi) is 5.29. The van der Waals surface area contributed by atoms with Crippen LogP contribution in [0.2, 0.25) is 0 Å². The van der Waals surface area contributed by atoms with E-state index in [9.17, 15) is 14.9 Å². The van der Waals surface area contributed by atoms with E-state index in [1.54, 1.807) is 17.0 Å². The quantitative estimate of drug-likeness (QED) is 0.633. The van der Waals surface area contributed by atoms with Crippen LogP contribution in [0.4, 0.5) is 11.4 Å². The molecule has 0 unspecified atom stereocenters. The minimum atomic E-state index is -0.475. The molecule has 1 aromatic carbocycles. The fraction of sp³-hybridized carbons (Fsp3) is 0.462. The van der Waals surface area contributed by atoms with Crippen LogP contribution in [0, 0.1) is 10.1 Å². The summed E-state index contributed by atoms with van der Waals surface area (Å²) >= 11 is 0. The van der Waals surface area contributed by atoms with Crippen LogP contribution in [-0.2, 0) is 0 Å². The molecular formula is C13H19N3O3. The molecule has 0 spiro atoms. The van der Waals surface area contributed by atoms with E-state index in [2.05, 4.69) is 5.32 Å². The molecule has 0 saturated carbocycles. The lowest BCUT2D eigenvalue weighted by Crippen LogP contribution is -2.30. The Morgan fingerprint density at radius 3 is 2.42 bits per heavy atom. The maximum Gasteiger partial charge on any atom is 0.293 e. The summed E-state index contributed by atoms with van der Waals surface area (Å²) in [5, 5.41) is 13.9. The van der Waals surface area contributed by atoms with E-state index in [0.717, 1.165) is 0 Å². The van der Waals surface area contributed by atoms with Gasteiger partial charge in [-0.15, -0.1) is 0 Å². The fourth-order valence-electron chi connectivity index (χ4n) is 1.85. The van der Waals surface area contributed by atoms with Crippen molar-refractivity contribution in [3.05, 3.63) is 33.9 Å². The van der Waals surface area contributed by atoms with E-state index >= 15 is 0 Å². The molecule has 0 bridgehead atoms. The molecule has 6 heteroatoms. The number of nitrogens with zero attached hydrogens (tertiary/aromatic N) is 2. The van der Waals surface area contributed by atoms with Crippen LogP contribution in [0.25, 0.3) is 0 Å². The van der Waals surface area contributed by atoms with Gasteiger partial charge in [-0.2, -0.15) is 0 Å². The summed E-state index contributed by atoms with van der Waals surface area (Å²) in [6.07, 6.45) is 0. The van der Waals surface area contributed by atoms with E-state index in [-0.39, 0.29) is 11.6 Å². The second kappa shape index (κ2) is 6.72. The Balaban J connectivity index is 3.14. The molecule has 1 amide bonds. The van der Waals surface area contributed by atoms with Gasteiger partial charge in [0.1, 0.15) is 5.69 Å². The number of amides is 1. The van der Waals surface area contributed by atoms with Gasteiger partial charge in [-0.25, -0.2) is 0 Å². The van der Waals surface area contributed by atoms with Gasteiger partial charge in [0.05, 0.1) is 4.92 Å². The first-order chi connectivity index (χ1) is 9.04. The van der Waals surface area contributed by atoms with E-state index in [0.29, 0.717) is 30.9 Å². The predicted molar refractivity (Wildman–Crippen MR) is 74.5 cm³/mol. The minimum Gasteiger partial charge on any atom is -0.380 e. The van der Waals surface area contributed by atoms with Gasteiger partial charge in [0.25, 0.3) is 11.6 Å². The van der Waals surface area contributed by atoms with Gasteiger partial charge in [0.15, 0.2) is 0 Å². The zero-order valence-electron chi connectivity index (χ0n) is 11.5. The molecule has 0 atom stereocenters. The van der Waals surface area contributed by atoms with Gasteiger partial charge >= 0.3 is 0 Å². The average Bonchev–Trinajstić information content (AvgIpc) is 2.40. The third-order valence-electron chi connectivity index (χ3n) is 2.86. The molecule has 1 rings (SSSR count). The monoisotopic (exact) mass is 265 g/mol. The molecule has 0 fully saturated rings. The third-order valence-corrected chi connectivity index (χ3v) is 2.86. The largest absolute Gasteiger partial charge is 0.380 e. The molecule has 6 nitrogen and oxygen atoms in total. The number of carbonyl (C=O) groups is 1. The number of anilines is 1. The number of nitro groups is 1. The van der Waals surface area contributed by atoms with Gasteiger partial charge in [-0.05, 0) is 32.9 Å². The topological polar surface area (TPSA) is 75.5 Å². The molecular weight excluding hydrogens is 246 g/mol. The van der Waals surface area contributed by atoms with Crippen molar-refractivity contribution in [3.63, 3.8) is 0 Å². The van der Waals surface area contributed by atoms with Crippen molar-refractivity contribution in [1.82, 2.24) is 4.90 Å². The lowest BCUT2D eigenvalue weighted by Gasteiger charge is -2.18. The number of carbonyl (C=O) groups excluding carboxylic acids is 1. The van der Waals surface area contributed by atoms with Gasteiger partial charge < -0.3 is 10.2 Å². The van der Waals surface area contributed by atoms with Crippen LogP contribution >= 0.6 is 0 Å². The average molecular weight is 265 g/mol. The van der Waals surface area contributed by atoms with Gasteiger partial charge in [0, 0.05) is 31.3 Å². The van der Waals surface area contributed by atoms with Crippen LogP contribution in [0.1, 0.15) is 31.1 Å². The van der Waals surface area contributed by atoms with Crippen molar-refractivity contribution in [2.75, 3.05) is 25.0 Å². The zero-order valence-corrected chi connectivity index (χ0v) is 11.5. The summed E-state index contributed by atoms with van der Waals surface area (Å²) in [5.41, 5.74) is 0.709. The zero-order chi connectivity index (χ0) is 14.4. The Bertz CT molecular complexity index is 470. The van der Waals surface area contributed by atoms with Crippen molar-refractivity contribution in [2.45, 2.75) is 20.8 Å². The molecule has 0 aliphatic heterocycles. The fourth-order valence-corrected chi connectivity index (χ4v) is 1.85. The van der Waals surface area contributed by atoms with Gasteiger partial charge in [0.2, 0.25) is 0 Å². The Labute approximate surface area is 112 Å². The molecule has 0 aliphatic carbocycles. The van der Waals surface area contributed by atoms with Crippen LogP contribution in [0.15, 0.2) is 18.2 Å². The summed E-state index contributed by atoms with van der Waals surface area (Å²) in [6.45, 7) is 7.37. The third kappa shape index (κ3) is 3.43. The van der Waals surface area contributed by atoms with E-state index in [4.69, 9.17) is 0 Å². The molecule has 1 N–H and O–H groups in total. The van der Waals surface area contributed by atoms with Crippen LogP contribution in [-0.4, -0.2) is 35.4 Å². The van der Waals surface area contributed by atoms with Crippen molar-refractivity contribution in [2.24, 2.45) is 0 Å². The maximum absolute atomic E-state index is 12.1. The summed E-state index contributed by atoms with van der Waals surface area (Å²) < 4.78 is 0. The number of hydrogen-bond acceptors (Lipinski definition) is 4. The molecule has 0 saturated heterocycles. The highest BCUT2D eigenvalue weighted by Crippen LogP contribution is 2.26. The summed E-state index contributed by atoms with van der Waals surface area (Å²) in [4.78, 5) is 24.3. The lowest BCUT2D eigenvalue weighted by molar-refractivity contribution is -0.384. The highest BCUT2D eigenvalue weighted by Gasteiger charge is 2.19. The second-order valence-corrected chi connectivity index (χ2v) is 4.00. The first kappa shape index (κ1) is 14.9. The number of rotatable bonds is 6. The van der Waals surface area contributed by atoms with Crippen molar-refractivity contribution in [3.8, 4) is 0 Å². The van der Waals surface area contributed by atoms with E-state index < -0.39 is 4.92 Å². The first-order valence-corrected chi connectivity index (χ1v) is 6.36. The molecule has 1 aromatic rings. The molecule has 104 valence electrons. The second-order valence-electron chi connectivity index (χ2n) is 4.00. The van der Waals surface area contributed by atoms with Crippen LogP contribution in [0.5, 0.6) is 0 Å². The van der Waals surface area contributed by atoms with Crippen molar-refractivity contribution < 1.29 is 9.72 Å². The summed E-state index contributed by atoms with van der Waals surface area (Å²) in [6, 6.07) is 4.53. The molecule has 0 aromatic heterocycles. The minimum absolute atomic E-state index is 0.0696.